The Morgan fingerprint density at radius 2 is 2.00 bits per heavy atom. The molecule has 142 valence electrons. The Labute approximate surface area is 164 Å². The predicted molar refractivity (Wildman–Crippen MR) is 106 cm³/mol. The topological polar surface area (TPSA) is 83.6 Å². The van der Waals surface area contributed by atoms with Crippen molar-refractivity contribution >= 4 is 17.7 Å². The number of carbonyl (C=O) groups excluding carboxylic acids is 1. The Morgan fingerprint density at radius 3 is 2.56 bits per heavy atom. The molecule has 1 saturated carbocycles. The monoisotopic (exact) mass is 383 g/mol. The number of nitrogens with zero attached hydrogens (tertiary/aromatic N) is 4. The number of hydrogen-bond donors (Lipinski definition) is 1. The average molecular weight is 384 g/mol. The number of carbonyl (C=O) groups is 1. The highest BCUT2D eigenvalue weighted by Crippen LogP contribution is 2.40. The summed E-state index contributed by atoms with van der Waals surface area (Å²) < 4.78 is 1.89. The molecule has 0 aliphatic heterocycles. The van der Waals surface area contributed by atoms with Gasteiger partial charge in [-0.3, -0.25) is 4.79 Å². The van der Waals surface area contributed by atoms with Gasteiger partial charge in [0.15, 0.2) is 0 Å². The van der Waals surface area contributed by atoms with E-state index in [1.165, 1.54) is 11.8 Å². The number of hydrogen-bond acceptors (Lipinski definition) is 5. The van der Waals surface area contributed by atoms with Crippen molar-refractivity contribution in [3.63, 3.8) is 0 Å². The van der Waals surface area contributed by atoms with E-state index in [1.807, 2.05) is 55.8 Å². The zero-order chi connectivity index (χ0) is 19.6. The Bertz CT molecular complexity index is 853. The lowest BCUT2D eigenvalue weighted by Gasteiger charge is -2.28. The van der Waals surface area contributed by atoms with Crippen molar-refractivity contribution in [3.8, 4) is 11.8 Å². The first-order valence-electron chi connectivity index (χ1n) is 9.26. The van der Waals surface area contributed by atoms with Gasteiger partial charge in [0.25, 0.3) is 0 Å². The van der Waals surface area contributed by atoms with Crippen LogP contribution in [-0.2, 0) is 4.79 Å². The van der Waals surface area contributed by atoms with Gasteiger partial charge >= 0.3 is 0 Å². The Kier molecular flexibility index (Phi) is 5.56. The molecule has 1 aliphatic rings. The minimum Gasteiger partial charge on any atom is -0.337 e. The summed E-state index contributed by atoms with van der Waals surface area (Å²) in [6, 6.07) is 12.1. The van der Waals surface area contributed by atoms with Crippen LogP contribution in [0.3, 0.4) is 0 Å². The molecule has 1 fully saturated rings. The number of amides is 1. The molecule has 1 amide bonds. The van der Waals surface area contributed by atoms with Crippen LogP contribution in [0.2, 0.25) is 0 Å². The molecule has 0 unspecified atom stereocenters. The van der Waals surface area contributed by atoms with Gasteiger partial charge < -0.3 is 5.32 Å². The molecule has 1 aromatic heterocycles. The van der Waals surface area contributed by atoms with E-state index < -0.39 is 10.8 Å². The summed E-state index contributed by atoms with van der Waals surface area (Å²) >= 11 is 1.32. The maximum absolute atomic E-state index is 12.6. The third-order valence-electron chi connectivity index (χ3n) is 4.98. The molecule has 27 heavy (non-hydrogen) atoms. The lowest BCUT2D eigenvalue weighted by atomic mass is 9.90. The quantitative estimate of drug-likeness (QED) is 0.737. The number of thioether (sulfide) groups is 1. The van der Waals surface area contributed by atoms with E-state index in [-0.39, 0.29) is 11.8 Å². The maximum atomic E-state index is 12.6. The van der Waals surface area contributed by atoms with Crippen molar-refractivity contribution in [2.24, 2.45) is 5.92 Å². The molecule has 7 heteroatoms. The van der Waals surface area contributed by atoms with Gasteiger partial charge in [-0.1, -0.05) is 43.8 Å². The van der Waals surface area contributed by atoms with Crippen LogP contribution >= 0.6 is 11.8 Å². The van der Waals surface area contributed by atoms with Crippen LogP contribution in [0.4, 0.5) is 0 Å². The minimum atomic E-state index is -0.887. The number of aromatic nitrogens is 3. The van der Waals surface area contributed by atoms with Crippen LogP contribution in [0.25, 0.3) is 5.69 Å². The molecule has 3 rings (SSSR count). The molecule has 0 saturated heterocycles. The first-order chi connectivity index (χ1) is 12.8. The second-order valence-electron chi connectivity index (χ2n) is 7.49. The van der Waals surface area contributed by atoms with Crippen LogP contribution in [0.5, 0.6) is 0 Å². The molecule has 1 heterocycles. The SMILES string of the molecule is CC(C)[C@@](C)(C#N)NC(=O)[C@H](C)Sc1nc(C2CC2)n(-c2ccccc2)n1. The van der Waals surface area contributed by atoms with Crippen molar-refractivity contribution in [1.82, 2.24) is 20.1 Å². The normalized spacial score (nSPS) is 17.2. The fourth-order valence-corrected chi connectivity index (χ4v) is 3.35. The molecule has 1 aliphatic carbocycles. The zero-order valence-corrected chi connectivity index (χ0v) is 17.0. The number of rotatable bonds is 7. The lowest BCUT2D eigenvalue weighted by molar-refractivity contribution is -0.121. The van der Waals surface area contributed by atoms with Crippen LogP contribution in [0.15, 0.2) is 35.5 Å². The van der Waals surface area contributed by atoms with E-state index in [2.05, 4.69) is 16.5 Å². The van der Waals surface area contributed by atoms with E-state index in [4.69, 9.17) is 4.98 Å². The summed E-state index contributed by atoms with van der Waals surface area (Å²) in [6.07, 6.45) is 2.25. The molecule has 2 aromatic rings. The van der Waals surface area contributed by atoms with Gasteiger partial charge in [0.2, 0.25) is 11.1 Å². The Morgan fingerprint density at radius 1 is 1.33 bits per heavy atom. The fourth-order valence-electron chi connectivity index (χ4n) is 2.59. The highest BCUT2D eigenvalue weighted by atomic mass is 32.2. The van der Waals surface area contributed by atoms with E-state index >= 15 is 0 Å². The zero-order valence-electron chi connectivity index (χ0n) is 16.1. The second-order valence-corrected chi connectivity index (χ2v) is 8.80. The Hall–Kier alpha value is -2.33. The second kappa shape index (κ2) is 7.73. The number of benzene rings is 1. The standard InChI is InChI=1S/C20H25N5OS/c1-13(2)20(4,12-21)23-18(26)14(3)27-19-22-17(15-10-11-15)25(24-19)16-8-6-5-7-9-16/h5-9,13-15H,10-11H2,1-4H3,(H,23,26)/t14-,20+/m0/s1. The summed E-state index contributed by atoms with van der Waals surface area (Å²) in [5, 5.41) is 17.1. The summed E-state index contributed by atoms with van der Waals surface area (Å²) in [6.45, 7) is 7.41. The largest absolute Gasteiger partial charge is 0.337 e. The molecule has 1 aromatic carbocycles. The third-order valence-corrected chi connectivity index (χ3v) is 5.93. The van der Waals surface area contributed by atoms with Crippen molar-refractivity contribution < 1.29 is 4.79 Å². The smallest absolute Gasteiger partial charge is 0.234 e. The van der Waals surface area contributed by atoms with Gasteiger partial charge in [-0.15, -0.1) is 5.10 Å². The van der Waals surface area contributed by atoms with E-state index in [0.29, 0.717) is 11.1 Å². The molecule has 1 N–H and O–H groups in total. The van der Waals surface area contributed by atoms with Crippen molar-refractivity contribution in [2.75, 3.05) is 0 Å². The van der Waals surface area contributed by atoms with Crippen LogP contribution in [-0.4, -0.2) is 31.5 Å². The molecule has 0 radical (unpaired) electrons. The average Bonchev–Trinajstić information content (AvgIpc) is 3.42. The Balaban J connectivity index is 1.76. The molecular formula is C20H25N5OS. The first kappa shape index (κ1) is 19.4. The summed E-state index contributed by atoms with van der Waals surface area (Å²) in [4.78, 5) is 17.3. The highest BCUT2D eigenvalue weighted by molar-refractivity contribution is 8.00. The summed E-state index contributed by atoms with van der Waals surface area (Å²) in [5.74, 6) is 1.24. The number of nitrogens with one attached hydrogen (secondary N) is 1. The number of para-hydroxylation sites is 1. The van der Waals surface area contributed by atoms with Gasteiger partial charge in [-0.25, -0.2) is 9.67 Å². The van der Waals surface area contributed by atoms with Crippen molar-refractivity contribution in [1.29, 1.82) is 5.26 Å². The van der Waals surface area contributed by atoms with E-state index in [9.17, 15) is 10.1 Å². The van der Waals surface area contributed by atoms with Gasteiger partial charge in [0, 0.05) is 5.92 Å². The van der Waals surface area contributed by atoms with Crippen molar-refractivity contribution in [3.05, 3.63) is 36.2 Å². The summed E-state index contributed by atoms with van der Waals surface area (Å²) in [7, 11) is 0. The fraction of sp³-hybridized carbons (Fsp3) is 0.500. The van der Waals surface area contributed by atoms with Crippen LogP contribution in [0, 0.1) is 17.2 Å². The van der Waals surface area contributed by atoms with Crippen LogP contribution in [0.1, 0.15) is 52.3 Å². The molecule has 0 bridgehead atoms. The third kappa shape index (κ3) is 4.33. The minimum absolute atomic E-state index is 0.0144. The highest BCUT2D eigenvalue weighted by Gasteiger charge is 2.33. The van der Waals surface area contributed by atoms with Gasteiger partial charge in [0.1, 0.15) is 11.4 Å². The van der Waals surface area contributed by atoms with E-state index in [1.54, 1.807) is 6.92 Å². The molecule has 2 atom stereocenters. The van der Waals surface area contributed by atoms with Gasteiger partial charge in [-0.2, -0.15) is 5.26 Å². The van der Waals surface area contributed by atoms with Gasteiger partial charge in [-0.05, 0) is 44.7 Å². The molecule has 0 spiro atoms. The first-order valence-corrected chi connectivity index (χ1v) is 10.1. The summed E-state index contributed by atoms with van der Waals surface area (Å²) in [5.41, 5.74) is 0.0924. The maximum Gasteiger partial charge on any atom is 0.234 e. The number of nitriles is 1. The van der Waals surface area contributed by atoms with Crippen molar-refractivity contribution in [2.45, 2.75) is 62.4 Å². The molecular weight excluding hydrogens is 358 g/mol. The van der Waals surface area contributed by atoms with E-state index in [0.717, 1.165) is 24.4 Å². The lowest BCUT2D eigenvalue weighted by Crippen LogP contribution is -2.51. The van der Waals surface area contributed by atoms with Gasteiger partial charge in [0.05, 0.1) is 17.0 Å². The molecule has 6 nitrogen and oxygen atoms in total. The van der Waals surface area contributed by atoms with Crippen LogP contribution < -0.4 is 5.32 Å². The predicted octanol–water partition coefficient (Wildman–Crippen LogP) is 3.68.